The molecule has 4 aromatic rings. The molecule has 4 aromatic carbocycles. The van der Waals surface area contributed by atoms with Crippen LogP contribution in [0.2, 0.25) is 0 Å². The van der Waals surface area contributed by atoms with Crippen LogP contribution in [0.4, 0.5) is 4.79 Å². The van der Waals surface area contributed by atoms with Crippen LogP contribution in [0.1, 0.15) is 44.4 Å². The Labute approximate surface area is 219 Å². The molecule has 0 saturated carbocycles. The maximum Gasteiger partial charge on any atom is 0.426 e. The van der Waals surface area contributed by atoms with E-state index in [0.29, 0.717) is 12.0 Å². The summed E-state index contributed by atoms with van der Waals surface area (Å²) in [7, 11) is 0. The second kappa shape index (κ2) is 9.86. The summed E-state index contributed by atoms with van der Waals surface area (Å²) < 4.78 is 10.6. The number of carbonyl (C=O) groups is 3. The van der Waals surface area contributed by atoms with Crippen molar-refractivity contribution >= 4 is 18.5 Å². The number of benzene rings is 4. The molecule has 2 N–H and O–H groups in total. The van der Waals surface area contributed by atoms with Crippen LogP contribution >= 0.6 is 0 Å². The van der Waals surface area contributed by atoms with Gasteiger partial charge in [-0.25, -0.2) is 10.2 Å². The van der Waals surface area contributed by atoms with Crippen LogP contribution in [0.5, 0.6) is 0 Å². The van der Waals surface area contributed by atoms with E-state index in [0.717, 1.165) is 44.5 Å². The van der Waals surface area contributed by atoms with Crippen molar-refractivity contribution in [3.8, 4) is 22.3 Å². The first-order chi connectivity index (χ1) is 18.7. The zero-order valence-corrected chi connectivity index (χ0v) is 20.3. The number of fused-ring (bicyclic) bond motifs is 6. The number of rotatable bonds is 6. The Hall–Kier alpha value is -4.91. The minimum absolute atomic E-state index is 0.0849. The first-order valence-corrected chi connectivity index (χ1v) is 12.4. The van der Waals surface area contributed by atoms with Gasteiger partial charge in [0.05, 0.1) is 0 Å². The molecular formula is C31H24N2O5. The van der Waals surface area contributed by atoms with E-state index < -0.39 is 12.0 Å². The van der Waals surface area contributed by atoms with E-state index in [9.17, 15) is 14.4 Å². The minimum atomic E-state index is -0.753. The van der Waals surface area contributed by atoms with E-state index in [1.165, 1.54) is 0 Å². The van der Waals surface area contributed by atoms with Gasteiger partial charge in [-0.05, 0) is 50.6 Å². The van der Waals surface area contributed by atoms with Crippen molar-refractivity contribution in [1.29, 1.82) is 0 Å². The van der Waals surface area contributed by atoms with Crippen LogP contribution < -0.4 is 10.9 Å². The number of hydrogen-bond donors (Lipinski definition) is 2. The normalized spacial score (nSPS) is 14.5. The van der Waals surface area contributed by atoms with Gasteiger partial charge in [-0.15, -0.1) is 0 Å². The molecule has 38 heavy (non-hydrogen) atoms. The number of carbonyl (C=O) groups excluding carboxylic acids is 3. The van der Waals surface area contributed by atoms with Gasteiger partial charge in [0, 0.05) is 17.4 Å². The molecule has 7 nitrogen and oxygen atoms in total. The van der Waals surface area contributed by atoms with Gasteiger partial charge in [0.25, 0.3) is 12.4 Å². The van der Waals surface area contributed by atoms with Gasteiger partial charge < -0.3 is 9.47 Å². The summed E-state index contributed by atoms with van der Waals surface area (Å²) >= 11 is 0. The van der Waals surface area contributed by atoms with Gasteiger partial charge in [-0.1, -0.05) is 84.9 Å². The van der Waals surface area contributed by atoms with Gasteiger partial charge in [0.15, 0.2) is 0 Å². The van der Waals surface area contributed by atoms with Crippen molar-refractivity contribution in [2.45, 2.75) is 11.8 Å². The number of hydrogen-bond acceptors (Lipinski definition) is 5. The van der Waals surface area contributed by atoms with Gasteiger partial charge in [-0.3, -0.25) is 15.0 Å². The van der Waals surface area contributed by atoms with E-state index in [-0.39, 0.29) is 25.0 Å². The van der Waals surface area contributed by atoms with Crippen molar-refractivity contribution in [1.82, 2.24) is 10.9 Å². The third kappa shape index (κ3) is 3.98. The number of hydrazine groups is 1. The van der Waals surface area contributed by atoms with Crippen LogP contribution in [0.25, 0.3) is 22.3 Å². The Morgan fingerprint density at radius 2 is 1.21 bits per heavy atom. The van der Waals surface area contributed by atoms with E-state index >= 15 is 0 Å². The smallest absolute Gasteiger partial charge is 0.426 e. The molecule has 0 saturated heterocycles. The topological polar surface area (TPSA) is 93.7 Å². The quantitative estimate of drug-likeness (QED) is 0.280. The van der Waals surface area contributed by atoms with Gasteiger partial charge in [0.2, 0.25) is 0 Å². The van der Waals surface area contributed by atoms with Gasteiger partial charge in [0.1, 0.15) is 13.2 Å². The Balaban J connectivity index is 1.15. The lowest BCUT2D eigenvalue weighted by atomic mass is 9.93. The van der Waals surface area contributed by atoms with Crippen LogP contribution in [0, 0.1) is 0 Å². The largest absolute Gasteiger partial charge is 0.467 e. The highest BCUT2D eigenvalue weighted by Crippen LogP contribution is 2.46. The molecule has 0 aliphatic heterocycles. The van der Waals surface area contributed by atoms with Gasteiger partial charge in [-0.2, -0.15) is 0 Å². The molecule has 0 heterocycles. The maximum absolute atomic E-state index is 13.2. The second-order valence-electron chi connectivity index (χ2n) is 9.24. The monoisotopic (exact) mass is 504 g/mol. The lowest BCUT2D eigenvalue weighted by Crippen LogP contribution is -2.42. The van der Waals surface area contributed by atoms with E-state index in [1.807, 2.05) is 66.7 Å². The Bertz CT molecular complexity index is 1520. The molecule has 2 aliphatic carbocycles. The average molecular weight is 505 g/mol. The first kappa shape index (κ1) is 23.5. The predicted molar refractivity (Wildman–Crippen MR) is 141 cm³/mol. The molecule has 0 bridgehead atoms. The molecule has 188 valence electrons. The van der Waals surface area contributed by atoms with E-state index in [2.05, 4.69) is 23.0 Å². The summed E-state index contributed by atoms with van der Waals surface area (Å²) in [6, 6.07) is 29.4. The van der Waals surface area contributed by atoms with E-state index in [4.69, 9.17) is 9.47 Å². The number of ether oxygens (including phenoxy) is 2. The lowest BCUT2D eigenvalue weighted by molar-refractivity contribution is -0.128. The molecule has 6 rings (SSSR count). The van der Waals surface area contributed by atoms with Crippen molar-refractivity contribution in [3.05, 3.63) is 119 Å². The predicted octanol–water partition coefficient (Wildman–Crippen LogP) is 5.16. The zero-order chi connectivity index (χ0) is 26.1. The van der Waals surface area contributed by atoms with Crippen LogP contribution in [0.15, 0.2) is 91.0 Å². The van der Waals surface area contributed by atoms with Crippen LogP contribution in [-0.4, -0.2) is 31.7 Å². The van der Waals surface area contributed by atoms with Crippen molar-refractivity contribution in [2.75, 3.05) is 13.2 Å². The maximum atomic E-state index is 13.2. The fraction of sp³-hybridized carbons (Fsp3) is 0.129. The molecule has 2 aliphatic rings. The molecule has 0 radical (unpaired) electrons. The molecule has 1 atom stereocenters. The Morgan fingerprint density at radius 3 is 1.84 bits per heavy atom. The minimum Gasteiger partial charge on any atom is -0.467 e. The first-order valence-electron chi connectivity index (χ1n) is 12.4. The SMILES string of the molecule is O=COCC1c2ccccc2-c2cccc(C(=O)NNC(=O)OCC3c4ccccc4-c4ccccc43)c21. The van der Waals surface area contributed by atoms with Crippen molar-refractivity contribution < 1.29 is 23.9 Å². The molecule has 0 spiro atoms. The van der Waals surface area contributed by atoms with Crippen molar-refractivity contribution in [3.63, 3.8) is 0 Å². The molecule has 0 fully saturated rings. The average Bonchev–Trinajstić information content (AvgIpc) is 3.46. The van der Waals surface area contributed by atoms with E-state index in [1.54, 1.807) is 12.1 Å². The van der Waals surface area contributed by atoms with Crippen LogP contribution in [-0.2, 0) is 14.3 Å². The number of nitrogens with one attached hydrogen (secondary N) is 2. The Kier molecular flexibility index (Phi) is 6.09. The van der Waals surface area contributed by atoms with Crippen molar-refractivity contribution in [2.24, 2.45) is 0 Å². The highest BCUT2D eigenvalue weighted by atomic mass is 16.6. The highest BCUT2D eigenvalue weighted by Gasteiger charge is 2.33. The number of amides is 2. The molecule has 7 heteroatoms. The Morgan fingerprint density at radius 1 is 0.658 bits per heavy atom. The molecule has 2 amide bonds. The summed E-state index contributed by atoms with van der Waals surface area (Å²) in [5, 5.41) is 0. The summed E-state index contributed by atoms with van der Waals surface area (Å²) in [6.07, 6.45) is -0.753. The fourth-order valence-electron chi connectivity index (χ4n) is 5.69. The summed E-state index contributed by atoms with van der Waals surface area (Å²) in [6.45, 7) is 0.649. The summed E-state index contributed by atoms with van der Waals surface area (Å²) in [5.41, 5.74) is 13.3. The third-order valence-electron chi connectivity index (χ3n) is 7.28. The van der Waals surface area contributed by atoms with Crippen LogP contribution in [0.3, 0.4) is 0 Å². The zero-order valence-electron chi connectivity index (χ0n) is 20.3. The molecule has 0 aromatic heterocycles. The highest BCUT2D eigenvalue weighted by molar-refractivity contribution is 6.00. The fourth-order valence-corrected chi connectivity index (χ4v) is 5.69. The lowest BCUT2D eigenvalue weighted by Gasteiger charge is -2.17. The third-order valence-corrected chi connectivity index (χ3v) is 7.28. The molecule has 1 unspecified atom stereocenters. The standard InChI is InChI=1S/C31H24N2O5/c34-18-37-16-28-24-13-6-3-10-21(24)25-14-7-15-26(29(25)28)30(35)32-33-31(36)38-17-27-22-11-4-1-8-19(22)20-9-2-5-12-23(20)27/h1-15,18,27-28H,16-17H2,(H,32,35)(H,33,36). The molecular weight excluding hydrogens is 480 g/mol. The van der Waals surface area contributed by atoms with Gasteiger partial charge >= 0.3 is 6.09 Å². The summed E-state index contributed by atoms with van der Waals surface area (Å²) in [4.78, 5) is 36.7. The second-order valence-corrected chi connectivity index (χ2v) is 9.24. The summed E-state index contributed by atoms with van der Waals surface area (Å²) in [5.74, 6) is -0.861.